The first-order valence-corrected chi connectivity index (χ1v) is 16.5. The van der Waals surface area contributed by atoms with Crippen molar-refractivity contribution in [3.8, 4) is 0 Å². The number of hydrogen-bond acceptors (Lipinski definition) is 5. The lowest BCUT2D eigenvalue weighted by Gasteiger charge is -2.05. The van der Waals surface area contributed by atoms with E-state index in [0.717, 1.165) is 104 Å². The van der Waals surface area contributed by atoms with Crippen LogP contribution in [-0.4, -0.2) is 55.0 Å². The van der Waals surface area contributed by atoms with Crippen molar-refractivity contribution >= 4 is 74.9 Å². The Kier molecular flexibility index (Phi) is 11.9. The number of aromatic nitrogens is 4. The monoisotopic (exact) mass is 663 g/mol. The van der Waals surface area contributed by atoms with Gasteiger partial charge in [-0.1, -0.05) is 38.7 Å². The minimum atomic E-state index is -0.889. The number of allylic oxidation sites excluding steroid dienone is 4. The molecule has 5 heterocycles. The van der Waals surface area contributed by atoms with Gasteiger partial charge in [0.05, 0.1) is 22.8 Å². The van der Waals surface area contributed by atoms with Crippen LogP contribution in [0.15, 0.2) is 37.4 Å². The molecule has 0 atom stereocenters. The van der Waals surface area contributed by atoms with Crippen molar-refractivity contribution < 1.29 is 24.6 Å². The molecule has 5 rings (SSSR count). The van der Waals surface area contributed by atoms with Crippen LogP contribution in [0, 0.1) is 13.8 Å². The van der Waals surface area contributed by atoms with E-state index in [9.17, 15) is 24.6 Å². The predicted molar refractivity (Wildman–Crippen MR) is 198 cm³/mol. The Morgan fingerprint density at radius 2 is 1.18 bits per heavy atom. The van der Waals surface area contributed by atoms with Gasteiger partial charge in [-0.15, -0.1) is 0 Å². The minimum Gasteiger partial charge on any atom is -0.481 e. The fraction of sp³-hybridized carbons (Fsp3) is 0.308. The zero-order valence-corrected chi connectivity index (χ0v) is 28.9. The van der Waals surface area contributed by atoms with Crippen LogP contribution in [0.5, 0.6) is 0 Å². The average molecular weight is 664 g/mol. The van der Waals surface area contributed by atoms with Gasteiger partial charge in [-0.05, 0) is 105 Å². The number of carbonyl (C=O) groups is 3. The van der Waals surface area contributed by atoms with Gasteiger partial charge in [-0.2, -0.15) is 0 Å². The quantitative estimate of drug-likeness (QED) is 0.0961. The van der Waals surface area contributed by atoms with Crippen molar-refractivity contribution in [2.45, 2.75) is 73.1 Å². The Morgan fingerprint density at radius 1 is 0.735 bits per heavy atom. The van der Waals surface area contributed by atoms with Gasteiger partial charge in [0.1, 0.15) is 0 Å². The molecule has 3 aromatic rings. The van der Waals surface area contributed by atoms with Crippen molar-refractivity contribution in [1.82, 2.24) is 25.3 Å². The highest BCUT2D eigenvalue weighted by atomic mass is 16.4. The van der Waals surface area contributed by atoms with E-state index in [1.807, 2.05) is 58.0 Å². The number of amides is 1. The van der Waals surface area contributed by atoms with E-state index in [1.54, 1.807) is 0 Å². The third kappa shape index (κ3) is 8.14. The van der Waals surface area contributed by atoms with Crippen LogP contribution >= 0.6 is 0 Å². The number of unbranched alkanes of at least 4 members (excludes halogenated alkanes) is 1. The number of aliphatic carboxylic acids is 2. The smallest absolute Gasteiger partial charge is 0.303 e. The summed E-state index contributed by atoms with van der Waals surface area (Å²) < 4.78 is 0. The fourth-order valence-electron chi connectivity index (χ4n) is 6.10. The lowest BCUT2D eigenvalue weighted by molar-refractivity contribution is -0.137. The fourth-order valence-corrected chi connectivity index (χ4v) is 6.10. The van der Waals surface area contributed by atoms with Crippen molar-refractivity contribution in [1.29, 1.82) is 0 Å². The van der Waals surface area contributed by atoms with E-state index >= 15 is 0 Å². The summed E-state index contributed by atoms with van der Waals surface area (Å²) in [6.07, 6.45) is 7.15. The van der Waals surface area contributed by atoms with E-state index < -0.39 is 11.9 Å². The van der Waals surface area contributed by atoms with Crippen LogP contribution in [0.25, 0.3) is 56.5 Å². The molecule has 0 spiro atoms. The molecule has 0 fully saturated rings. The molecule has 1 amide bonds. The first-order chi connectivity index (χ1) is 23.4. The number of carboxylic acids is 2. The predicted octanol–water partition coefficient (Wildman–Crippen LogP) is 8.34. The molecule has 8 bridgehead atoms. The molecule has 0 aliphatic carbocycles. The number of aromatic amines is 2. The number of rotatable bonds is 12. The summed E-state index contributed by atoms with van der Waals surface area (Å²) in [6.45, 7) is 19.0. The van der Waals surface area contributed by atoms with Crippen LogP contribution in [0.3, 0.4) is 0 Å². The molecule has 10 heteroatoms. The van der Waals surface area contributed by atoms with Gasteiger partial charge in [0, 0.05) is 52.6 Å². The first-order valence-electron chi connectivity index (χ1n) is 16.5. The van der Waals surface area contributed by atoms with Gasteiger partial charge >= 0.3 is 11.9 Å². The number of nitrogens with zero attached hydrogens (tertiary/aromatic N) is 2. The summed E-state index contributed by atoms with van der Waals surface area (Å²) in [5.74, 6) is -1.78. The zero-order valence-electron chi connectivity index (χ0n) is 28.9. The molecule has 256 valence electrons. The second kappa shape index (κ2) is 16.1. The molecule has 0 radical (unpaired) electrons. The Labute approximate surface area is 286 Å². The Morgan fingerprint density at radius 3 is 1.61 bits per heavy atom. The number of carbonyl (C=O) groups excluding carboxylic acids is 1. The molecule has 5 N–H and O–H groups in total. The lowest BCUT2D eigenvalue weighted by atomic mass is 9.98. The van der Waals surface area contributed by atoms with Crippen LogP contribution in [-0.2, 0) is 14.4 Å². The normalized spacial score (nSPS) is 12.3. The van der Waals surface area contributed by atoms with Crippen molar-refractivity contribution in [3.63, 3.8) is 0 Å². The molecular weight excluding hydrogens is 618 g/mol. The number of fused-ring (bicyclic) bond motifs is 8. The van der Waals surface area contributed by atoms with Gasteiger partial charge in [-0.3, -0.25) is 14.4 Å². The number of nitrogens with one attached hydrogen (secondary N) is 3. The number of aryl methyl sites for hydroxylation is 2. The van der Waals surface area contributed by atoms with Crippen LogP contribution < -0.4 is 5.32 Å². The summed E-state index contributed by atoms with van der Waals surface area (Å²) >= 11 is 0. The summed E-state index contributed by atoms with van der Waals surface area (Å²) in [6, 6.07) is 7.88. The molecule has 0 saturated carbocycles. The first kappa shape index (κ1) is 36.3. The summed E-state index contributed by atoms with van der Waals surface area (Å²) in [5.41, 5.74) is 13.7. The van der Waals surface area contributed by atoms with Crippen molar-refractivity contribution in [2.24, 2.45) is 0 Å². The maximum atomic E-state index is 11.5. The molecule has 0 saturated heterocycles. The summed E-state index contributed by atoms with van der Waals surface area (Å²) in [4.78, 5) is 49.6. The largest absolute Gasteiger partial charge is 0.481 e. The van der Waals surface area contributed by atoms with E-state index in [1.165, 1.54) is 0 Å². The topological polar surface area (TPSA) is 161 Å². The second-order valence-corrected chi connectivity index (χ2v) is 12.2. The molecule has 2 aliphatic rings. The molecule has 49 heavy (non-hydrogen) atoms. The van der Waals surface area contributed by atoms with Gasteiger partial charge in [0.2, 0.25) is 6.41 Å². The van der Waals surface area contributed by atoms with Crippen LogP contribution in [0.4, 0.5) is 0 Å². The van der Waals surface area contributed by atoms with Gasteiger partial charge in [0.25, 0.3) is 0 Å². The van der Waals surface area contributed by atoms with Gasteiger partial charge in [-0.25, -0.2) is 9.97 Å². The zero-order chi connectivity index (χ0) is 35.8. The Balaban J connectivity index is 0.000000698. The Bertz CT molecular complexity index is 2040. The van der Waals surface area contributed by atoms with Crippen LogP contribution in [0.2, 0.25) is 0 Å². The Hall–Kier alpha value is -5.51. The number of carboxylic acid groups (broad SMARTS) is 2. The van der Waals surface area contributed by atoms with E-state index in [4.69, 9.17) is 9.97 Å². The molecule has 10 nitrogen and oxygen atoms in total. The summed E-state index contributed by atoms with van der Waals surface area (Å²) in [5, 5.41) is 21.5. The molecular formula is C39H45N5O5. The highest BCUT2D eigenvalue weighted by molar-refractivity contribution is 5.97. The highest BCUT2D eigenvalue weighted by Gasteiger charge is 2.22. The lowest BCUT2D eigenvalue weighted by Crippen LogP contribution is -2.11. The van der Waals surface area contributed by atoms with Crippen LogP contribution in [0.1, 0.15) is 104 Å². The SMILES string of the molecule is C=Cc1c(C)c2cc3[nH]c(cc4nc(cc5nc(cc1[nH]2)C(C)=C5CCC(=O)O)C(CCC(=O)O)=C4C)c(C)c3C=C.CCCCNC=O. The molecule has 0 unspecified atom stereocenters. The second-order valence-electron chi connectivity index (χ2n) is 12.2. The molecule has 0 aromatic carbocycles. The van der Waals surface area contributed by atoms with E-state index in [2.05, 4.69) is 41.4 Å². The number of hydrogen-bond donors (Lipinski definition) is 5. The van der Waals surface area contributed by atoms with Crippen molar-refractivity contribution in [3.05, 3.63) is 82.5 Å². The maximum absolute atomic E-state index is 11.5. The third-order valence-corrected chi connectivity index (χ3v) is 8.98. The average Bonchev–Trinajstić information content (AvgIpc) is 3.72. The van der Waals surface area contributed by atoms with E-state index in [-0.39, 0.29) is 12.8 Å². The third-order valence-electron chi connectivity index (χ3n) is 8.98. The molecule has 2 aliphatic heterocycles. The number of H-pyrrole nitrogens is 2. The maximum Gasteiger partial charge on any atom is 0.303 e. The minimum absolute atomic E-state index is 0.0367. The molecule has 3 aromatic heterocycles. The van der Waals surface area contributed by atoms with E-state index in [0.29, 0.717) is 24.2 Å². The summed E-state index contributed by atoms with van der Waals surface area (Å²) in [7, 11) is 0. The van der Waals surface area contributed by atoms with Crippen molar-refractivity contribution in [2.75, 3.05) is 6.54 Å². The standard InChI is InChI=1S/C34H34N4O4.C5H11NO/c1-7-21-17(3)25-13-26-19(5)23(9-11-33(39)40)31(37-26)16-32-24(10-12-34(41)42)20(6)28(38-32)15-30-22(8-2)18(4)27(36-30)14-29(21)35-25;1-2-3-4-6-5-7/h7-8,13-16,35-36H,1-2,9-12H2,3-6H3,(H,39,40)(H,41,42);5H,2-4H2,1H3,(H,6,7). The van der Waals surface area contributed by atoms with Gasteiger partial charge in [0.15, 0.2) is 0 Å². The van der Waals surface area contributed by atoms with Gasteiger partial charge < -0.3 is 25.5 Å². The highest BCUT2D eigenvalue weighted by Crippen LogP contribution is 2.38.